The van der Waals surface area contributed by atoms with Gasteiger partial charge in [0.05, 0.1) is 36.6 Å². The number of alkyl halides is 3. The molecule has 2 N–H and O–H groups in total. The van der Waals surface area contributed by atoms with E-state index in [-0.39, 0.29) is 18.5 Å². The molecule has 0 radical (unpaired) electrons. The van der Waals surface area contributed by atoms with E-state index < -0.39 is 12.7 Å². The van der Waals surface area contributed by atoms with E-state index in [1.807, 2.05) is 31.2 Å². The summed E-state index contributed by atoms with van der Waals surface area (Å²) in [4.78, 5) is 0. The summed E-state index contributed by atoms with van der Waals surface area (Å²) in [5, 5.41) is 16.5. The number of nitrogens with zero attached hydrogens (tertiary/aromatic N) is 2. The maximum atomic E-state index is 13.5. The van der Waals surface area contributed by atoms with E-state index in [4.69, 9.17) is 10.00 Å². The first-order valence-electron chi connectivity index (χ1n) is 12.0. The van der Waals surface area contributed by atoms with Crippen molar-refractivity contribution in [2.75, 3.05) is 24.3 Å². The lowest BCUT2D eigenvalue weighted by Gasteiger charge is -2.26. The molecule has 0 bridgehead atoms. The summed E-state index contributed by atoms with van der Waals surface area (Å²) in [7, 11) is 1.59. The Kier molecular flexibility index (Phi) is 7.64. The van der Waals surface area contributed by atoms with Crippen LogP contribution in [0.25, 0.3) is 10.9 Å². The minimum absolute atomic E-state index is 0.0853. The quantitative estimate of drug-likeness (QED) is 0.385. The van der Waals surface area contributed by atoms with E-state index in [0.717, 1.165) is 42.6 Å². The number of anilines is 2. The van der Waals surface area contributed by atoms with Crippen LogP contribution in [0.5, 0.6) is 5.75 Å². The van der Waals surface area contributed by atoms with E-state index in [1.54, 1.807) is 25.3 Å². The first kappa shape index (κ1) is 25.3. The number of aryl methyl sites for hydroxylation is 1. The predicted octanol–water partition coefficient (Wildman–Crippen LogP) is 6.48. The van der Waals surface area contributed by atoms with Gasteiger partial charge in [0.25, 0.3) is 0 Å². The summed E-state index contributed by atoms with van der Waals surface area (Å²) in [5.74, 6) is 6.66. The summed E-state index contributed by atoms with van der Waals surface area (Å²) in [5.41, 5.74) is 3.41. The smallest absolute Gasteiger partial charge is 0.406 e. The number of rotatable bonds is 6. The molecule has 4 rings (SSSR count). The average Bonchev–Trinajstić information content (AvgIpc) is 3.19. The topological polar surface area (TPSA) is 62.0 Å². The van der Waals surface area contributed by atoms with Gasteiger partial charge in [-0.15, -0.1) is 0 Å². The fourth-order valence-corrected chi connectivity index (χ4v) is 4.67. The van der Waals surface area contributed by atoms with E-state index in [1.165, 1.54) is 4.57 Å². The minimum Gasteiger partial charge on any atom is -0.495 e. The fourth-order valence-electron chi connectivity index (χ4n) is 4.67. The molecule has 188 valence electrons. The van der Waals surface area contributed by atoms with E-state index in [0.29, 0.717) is 22.3 Å². The molecule has 0 spiro atoms. The number of benzene rings is 2. The molecule has 5 nitrogen and oxygen atoms in total. The molecule has 0 aliphatic heterocycles. The number of methoxy groups -OCH3 is 1. The van der Waals surface area contributed by atoms with Gasteiger partial charge in [0.2, 0.25) is 0 Å². The fraction of sp³-hybridized carbons (Fsp3) is 0.393. The summed E-state index contributed by atoms with van der Waals surface area (Å²) in [6.07, 6.45) is -1.00. The van der Waals surface area contributed by atoms with Crippen molar-refractivity contribution in [1.82, 2.24) is 4.57 Å². The zero-order valence-electron chi connectivity index (χ0n) is 20.4. The molecule has 1 fully saturated rings. The molecule has 1 aromatic heterocycles. The molecule has 2 aromatic carbocycles. The van der Waals surface area contributed by atoms with Crippen LogP contribution in [0.3, 0.4) is 0 Å². The number of ether oxygens (including phenoxy) is 1. The number of aromatic nitrogens is 1. The highest BCUT2D eigenvalue weighted by Gasteiger charge is 2.30. The van der Waals surface area contributed by atoms with Crippen LogP contribution < -0.4 is 15.4 Å². The van der Waals surface area contributed by atoms with Crippen molar-refractivity contribution < 1.29 is 17.9 Å². The molecule has 1 aliphatic carbocycles. The Morgan fingerprint density at radius 1 is 1.08 bits per heavy atom. The van der Waals surface area contributed by atoms with Crippen molar-refractivity contribution >= 4 is 22.3 Å². The van der Waals surface area contributed by atoms with Gasteiger partial charge >= 0.3 is 6.18 Å². The Hall–Kier alpha value is -3.78. The second-order valence-electron chi connectivity index (χ2n) is 9.15. The largest absolute Gasteiger partial charge is 0.495 e. The zero-order valence-corrected chi connectivity index (χ0v) is 20.4. The van der Waals surface area contributed by atoms with Gasteiger partial charge in [0.1, 0.15) is 12.3 Å². The van der Waals surface area contributed by atoms with E-state index in [9.17, 15) is 13.2 Å². The number of hydrogen-bond acceptors (Lipinski definition) is 4. The second-order valence-corrected chi connectivity index (χ2v) is 9.15. The molecule has 0 unspecified atom stereocenters. The molecule has 1 saturated carbocycles. The van der Waals surface area contributed by atoms with Crippen LogP contribution >= 0.6 is 0 Å². The normalized spacial score (nSPS) is 17.7. The van der Waals surface area contributed by atoms with Gasteiger partial charge < -0.3 is 19.9 Å². The molecule has 0 saturated heterocycles. The van der Waals surface area contributed by atoms with Crippen LogP contribution in [0.1, 0.15) is 36.9 Å². The Morgan fingerprint density at radius 2 is 1.86 bits per heavy atom. The molecule has 0 amide bonds. The maximum absolute atomic E-state index is 13.5. The van der Waals surface area contributed by atoms with Gasteiger partial charge in [0.15, 0.2) is 0 Å². The van der Waals surface area contributed by atoms with E-state index in [2.05, 4.69) is 28.5 Å². The standard InChI is InChI=1S/C28H29F3N4O/c1-19-8-13-25(27(15-19)36-2)33-14-4-5-22-16-23-24(34-21-11-9-20(17-32)10-12-21)6-3-7-26(23)35(22)18-28(29,30)31/h3,6-8,13,15-16,20-21,33-34H,9-12,14,18H2,1-2H3. The van der Waals surface area contributed by atoms with Crippen molar-refractivity contribution in [3.05, 3.63) is 53.7 Å². The molecule has 36 heavy (non-hydrogen) atoms. The lowest BCUT2D eigenvalue weighted by Crippen LogP contribution is -2.25. The average molecular weight is 495 g/mol. The molecule has 1 heterocycles. The van der Waals surface area contributed by atoms with Crippen LogP contribution in [0, 0.1) is 36.0 Å². The molecule has 0 atom stereocenters. The monoisotopic (exact) mass is 494 g/mol. The lowest BCUT2D eigenvalue weighted by molar-refractivity contribution is -0.140. The van der Waals surface area contributed by atoms with Crippen LogP contribution in [0.15, 0.2) is 42.5 Å². The van der Waals surface area contributed by atoms with Crippen LogP contribution in [-0.4, -0.2) is 30.4 Å². The van der Waals surface area contributed by atoms with Gasteiger partial charge in [-0.1, -0.05) is 18.1 Å². The third-order valence-electron chi connectivity index (χ3n) is 6.49. The van der Waals surface area contributed by atoms with Crippen LogP contribution in [0.4, 0.5) is 24.5 Å². The first-order valence-corrected chi connectivity index (χ1v) is 12.0. The van der Waals surface area contributed by atoms with Gasteiger partial charge in [-0.2, -0.15) is 18.4 Å². The predicted molar refractivity (Wildman–Crippen MR) is 136 cm³/mol. The number of nitriles is 1. The molecular weight excluding hydrogens is 465 g/mol. The Morgan fingerprint density at radius 3 is 2.56 bits per heavy atom. The SMILES string of the molecule is COc1cc(C)ccc1NCC#Cc1cc2c(NC3CCC(C#N)CC3)cccc2n1CC(F)(F)F. The zero-order chi connectivity index (χ0) is 25.7. The van der Waals surface area contributed by atoms with Gasteiger partial charge in [-0.05, 0) is 74.4 Å². The Bertz CT molecular complexity index is 1320. The Labute approximate surface area is 209 Å². The van der Waals surface area contributed by atoms with Crippen molar-refractivity contribution in [3.8, 4) is 23.7 Å². The van der Waals surface area contributed by atoms with Crippen molar-refractivity contribution in [1.29, 1.82) is 5.26 Å². The van der Waals surface area contributed by atoms with Crippen molar-refractivity contribution in [2.45, 2.75) is 51.4 Å². The number of halogens is 3. The summed E-state index contributed by atoms with van der Waals surface area (Å²) in [6.45, 7) is 1.10. The Balaban J connectivity index is 1.59. The van der Waals surface area contributed by atoms with Gasteiger partial charge in [-0.25, -0.2) is 0 Å². The third-order valence-corrected chi connectivity index (χ3v) is 6.49. The minimum atomic E-state index is -4.38. The number of fused-ring (bicyclic) bond motifs is 1. The molecule has 8 heteroatoms. The number of nitrogens with one attached hydrogen (secondary N) is 2. The molecule has 1 aliphatic rings. The molecule has 3 aromatic rings. The van der Waals surface area contributed by atoms with Crippen LogP contribution in [-0.2, 0) is 6.54 Å². The van der Waals surface area contributed by atoms with Crippen molar-refractivity contribution in [3.63, 3.8) is 0 Å². The highest BCUT2D eigenvalue weighted by molar-refractivity contribution is 5.94. The van der Waals surface area contributed by atoms with Crippen molar-refractivity contribution in [2.24, 2.45) is 5.92 Å². The third kappa shape index (κ3) is 6.07. The first-order chi connectivity index (χ1) is 17.3. The highest BCUT2D eigenvalue weighted by atomic mass is 19.4. The summed E-state index contributed by atoms with van der Waals surface area (Å²) in [6, 6.07) is 15.3. The maximum Gasteiger partial charge on any atom is 0.406 e. The van der Waals surface area contributed by atoms with Gasteiger partial charge in [0, 0.05) is 23.0 Å². The number of hydrogen-bond donors (Lipinski definition) is 2. The second kappa shape index (κ2) is 10.9. The summed E-state index contributed by atoms with van der Waals surface area (Å²) >= 11 is 0. The lowest BCUT2D eigenvalue weighted by atomic mass is 9.87. The highest BCUT2D eigenvalue weighted by Crippen LogP contribution is 2.33. The van der Waals surface area contributed by atoms with E-state index >= 15 is 0 Å². The van der Waals surface area contributed by atoms with Gasteiger partial charge in [-0.3, -0.25) is 0 Å². The molecular formula is C28H29F3N4O. The summed E-state index contributed by atoms with van der Waals surface area (Å²) < 4.78 is 47.0. The van der Waals surface area contributed by atoms with Crippen LogP contribution in [0.2, 0.25) is 0 Å².